The molecule has 0 bridgehead atoms. The summed E-state index contributed by atoms with van der Waals surface area (Å²) in [5, 5.41) is 10.3. The van der Waals surface area contributed by atoms with Crippen LogP contribution < -0.4 is 10.6 Å². The fraction of sp³-hybridized carbons (Fsp3) is 0.120. The number of esters is 1. The van der Waals surface area contributed by atoms with Crippen LogP contribution in [0.4, 0.5) is 5.69 Å². The van der Waals surface area contributed by atoms with Gasteiger partial charge in [0.1, 0.15) is 5.52 Å². The van der Waals surface area contributed by atoms with E-state index in [1.165, 1.54) is 0 Å². The van der Waals surface area contributed by atoms with Gasteiger partial charge < -0.3 is 19.9 Å². The molecule has 0 atom stereocenters. The maximum absolute atomic E-state index is 12.5. The standard InChI is InChI=1S/C25H20ClN3O5/c1-15-19(26)8-5-9-20(15)28-22(30)13-27-23(31)14-33-25(32)17-10-11-21-18(12-17)24(34-29-21)16-6-3-2-4-7-16/h2-12H,13-14H2,1H3,(H,27,31)(H,28,30). The average molecular weight is 478 g/mol. The number of aromatic nitrogens is 1. The molecule has 4 rings (SSSR count). The lowest BCUT2D eigenvalue weighted by Gasteiger charge is -2.10. The molecule has 0 saturated heterocycles. The van der Waals surface area contributed by atoms with Gasteiger partial charge in [-0.3, -0.25) is 9.59 Å². The first kappa shape index (κ1) is 23.0. The molecule has 9 heteroatoms. The van der Waals surface area contributed by atoms with Crippen molar-refractivity contribution in [3.8, 4) is 11.3 Å². The molecule has 2 N–H and O–H groups in total. The molecular weight excluding hydrogens is 458 g/mol. The molecule has 0 saturated carbocycles. The van der Waals surface area contributed by atoms with Crippen molar-refractivity contribution < 1.29 is 23.6 Å². The minimum Gasteiger partial charge on any atom is -0.452 e. The molecule has 8 nitrogen and oxygen atoms in total. The number of carbonyl (C=O) groups is 3. The van der Waals surface area contributed by atoms with E-state index in [1.54, 1.807) is 43.3 Å². The normalized spacial score (nSPS) is 10.6. The van der Waals surface area contributed by atoms with E-state index in [4.69, 9.17) is 20.9 Å². The Kier molecular flexibility index (Phi) is 6.89. The number of halogens is 1. The van der Waals surface area contributed by atoms with Gasteiger partial charge in [-0.2, -0.15) is 0 Å². The second-order valence-electron chi connectivity index (χ2n) is 7.42. The maximum Gasteiger partial charge on any atom is 0.338 e. The van der Waals surface area contributed by atoms with Gasteiger partial charge in [-0.05, 0) is 42.8 Å². The fourth-order valence-corrected chi connectivity index (χ4v) is 3.42. The first-order valence-electron chi connectivity index (χ1n) is 10.4. The summed E-state index contributed by atoms with van der Waals surface area (Å²) >= 11 is 6.03. The summed E-state index contributed by atoms with van der Waals surface area (Å²) in [4.78, 5) is 36.6. The van der Waals surface area contributed by atoms with E-state index in [1.807, 2.05) is 30.3 Å². The molecule has 3 aromatic carbocycles. The Balaban J connectivity index is 1.32. The molecule has 0 fully saturated rings. The quantitative estimate of drug-likeness (QED) is 0.382. The predicted octanol–water partition coefficient (Wildman–Crippen LogP) is 4.37. The summed E-state index contributed by atoms with van der Waals surface area (Å²) in [5.41, 5.74) is 2.93. The SMILES string of the molecule is Cc1c(Cl)cccc1NC(=O)CNC(=O)COC(=O)c1ccc2noc(-c3ccccc3)c2c1. The van der Waals surface area contributed by atoms with Gasteiger partial charge in [0.25, 0.3) is 5.91 Å². The molecule has 0 aliphatic rings. The number of benzene rings is 3. The molecule has 1 heterocycles. The summed E-state index contributed by atoms with van der Waals surface area (Å²) in [6, 6.07) is 19.3. The number of ether oxygens (including phenoxy) is 1. The highest BCUT2D eigenvalue weighted by atomic mass is 35.5. The van der Waals surface area contributed by atoms with E-state index in [0.717, 1.165) is 11.1 Å². The van der Waals surface area contributed by atoms with Gasteiger partial charge in [0.15, 0.2) is 12.4 Å². The molecule has 0 unspecified atom stereocenters. The first-order valence-corrected chi connectivity index (χ1v) is 10.7. The smallest absolute Gasteiger partial charge is 0.338 e. The molecule has 4 aromatic rings. The molecule has 0 spiro atoms. The zero-order valence-electron chi connectivity index (χ0n) is 18.1. The van der Waals surface area contributed by atoms with E-state index >= 15 is 0 Å². The van der Waals surface area contributed by atoms with Gasteiger partial charge in [0, 0.05) is 16.3 Å². The van der Waals surface area contributed by atoms with E-state index in [9.17, 15) is 14.4 Å². The second-order valence-corrected chi connectivity index (χ2v) is 7.83. The lowest BCUT2D eigenvalue weighted by Crippen LogP contribution is -2.35. The third-order valence-electron chi connectivity index (χ3n) is 5.07. The molecule has 172 valence electrons. The average Bonchev–Trinajstić information content (AvgIpc) is 3.28. The third-order valence-corrected chi connectivity index (χ3v) is 5.48. The van der Waals surface area contributed by atoms with Crippen molar-refractivity contribution in [3.63, 3.8) is 0 Å². The van der Waals surface area contributed by atoms with Crippen molar-refractivity contribution in [2.45, 2.75) is 6.92 Å². The summed E-state index contributed by atoms with van der Waals surface area (Å²) in [6.07, 6.45) is 0. The largest absolute Gasteiger partial charge is 0.452 e. The number of hydrogen-bond acceptors (Lipinski definition) is 6. The van der Waals surface area contributed by atoms with Gasteiger partial charge in [-0.25, -0.2) is 4.79 Å². The van der Waals surface area contributed by atoms with Crippen molar-refractivity contribution in [2.75, 3.05) is 18.5 Å². The number of nitrogens with zero attached hydrogens (tertiary/aromatic N) is 1. The Morgan fingerprint density at radius 2 is 1.79 bits per heavy atom. The van der Waals surface area contributed by atoms with Gasteiger partial charge in [0.2, 0.25) is 5.91 Å². The van der Waals surface area contributed by atoms with Crippen LogP contribution in [0.15, 0.2) is 71.3 Å². The Morgan fingerprint density at radius 3 is 2.59 bits per heavy atom. The summed E-state index contributed by atoms with van der Waals surface area (Å²) < 4.78 is 10.5. The number of nitrogens with one attached hydrogen (secondary N) is 2. The predicted molar refractivity (Wildman–Crippen MR) is 128 cm³/mol. The van der Waals surface area contributed by atoms with Crippen LogP contribution >= 0.6 is 11.6 Å². The third kappa shape index (κ3) is 5.24. The van der Waals surface area contributed by atoms with Crippen LogP contribution in [-0.4, -0.2) is 36.1 Å². The minimum atomic E-state index is -0.684. The molecule has 2 amide bonds. The Labute approximate surface area is 199 Å². The fourth-order valence-electron chi connectivity index (χ4n) is 3.25. The van der Waals surface area contributed by atoms with Gasteiger partial charge in [-0.15, -0.1) is 0 Å². The Hall–Kier alpha value is -4.17. The van der Waals surface area contributed by atoms with Gasteiger partial charge in [-0.1, -0.05) is 53.2 Å². The summed E-state index contributed by atoms with van der Waals surface area (Å²) in [5.74, 6) is -1.20. The van der Waals surface area contributed by atoms with Gasteiger partial charge in [0.05, 0.1) is 17.5 Å². The van der Waals surface area contributed by atoms with Crippen LogP contribution in [0.5, 0.6) is 0 Å². The van der Waals surface area contributed by atoms with E-state index < -0.39 is 24.4 Å². The van der Waals surface area contributed by atoms with Crippen LogP contribution in [0.3, 0.4) is 0 Å². The molecule has 0 aliphatic heterocycles. The van der Waals surface area contributed by atoms with Gasteiger partial charge >= 0.3 is 5.97 Å². The maximum atomic E-state index is 12.5. The lowest BCUT2D eigenvalue weighted by molar-refractivity contribution is -0.126. The zero-order chi connectivity index (χ0) is 24.1. The lowest BCUT2D eigenvalue weighted by atomic mass is 10.1. The first-order chi connectivity index (χ1) is 16.4. The number of anilines is 1. The zero-order valence-corrected chi connectivity index (χ0v) is 18.9. The van der Waals surface area contributed by atoms with Crippen molar-refractivity contribution in [3.05, 3.63) is 82.9 Å². The van der Waals surface area contributed by atoms with Crippen molar-refractivity contribution in [1.82, 2.24) is 10.5 Å². The van der Waals surface area contributed by atoms with Crippen LogP contribution in [0, 0.1) is 6.92 Å². The summed E-state index contributed by atoms with van der Waals surface area (Å²) in [6.45, 7) is 0.959. The molecule has 1 aromatic heterocycles. The van der Waals surface area contributed by atoms with Crippen LogP contribution in [0.1, 0.15) is 15.9 Å². The van der Waals surface area contributed by atoms with Crippen LogP contribution in [0.2, 0.25) is 5.02 Å². The molecular formula is C25H20ClN3O5. The number of amides is 2. The van der Waals surface area contributed by atoms with Crippen molar-refractivity contribution in [2.24, 2.45) is 0 Å². The highest BCUT2D eigenvalue weighted by Crippen LogP contribution is 2.29. The Bertz CT molecular complexity index is 1370. The molecule has 0 aliphatic carbocycles. The minimum absolute atomic E-state index is 0.245. The molecule has 0 radical (unpaired) electrons. The van der Waals surface area contributed by atoms with Crippen molar-refractivity contribution in [1.29, 1.82) is 0 Å². The number of carbonyl (C=O) groups excluding carboxylic acids is 3. The second kappa shape index (κ2) is 10.2. The number of hydrogen-bond donors (Lipinski definition) is 2. The van der Waals surface area contributed by atoms with Crippen LogP contribution in [0.25, 0.3) is 22.2 Å². The van der Waals surface area contributed by atoms with Crippen molar-refractivity contribution >= 4 is 46.0 Å². The van der Waals surface area contributed by atoms with E-state index in [0.29, 0.717) is 27.4 Å². The highest BCUT2D eigenvalue weighted by molar-refractivity contribution is 6.31. The molecule has 34 heavy (non-hydrogen) atoms. The van der Waals surface area contributed by atoms with E-state index in [2.05, 4.69) is 15.8 Å². The topological polar surface area (TPSA) is 111 Å². The highest BCUT2D eigenvalue weighted by Gasteiger charge is 2.16. The number of rotatable bonds is 7. The Morgan fingerprint density at radius 1 is 1.00 bits per heavy atom. The number of fused-ring (bicyclic) bond motifs is 1. The summed E-state index contributed by atoms with van der Waals surface area (Å²) in [7, 11) is 0. The van der Waals surface area contributed by atoms with Crippen LogP contribution in [-0.2, 0) is 14.3 Å². The van der Waals surface area contributed by atoms with E-state index in [-0.39, 0.29) is 12.1 Å². The monoisotopic (exact) mass is 477 g/mol.